The molecule has 0 aliphatic carbocycles. The van der Waals surface area contributed by atoms with E-state index in [4.69, 9.17) is 0 Å². The molecule has 0 aliphatic rings. The van der Waals surface area contributed by atoms with Crippen LogP contribution in [-0.2, 0) is 6.54 Å². The number of aromatic nitrogens is 2. The summed E-state index contributed by atoms with van der Waals surface area (Å²) in [6.07, 6.45) is 6.86. The number of hydrogen-bond acceptors (Lipinski definition) is 2. The summed E-state index contributed by atoms with van der Waals surface area (Å²) in [6.45, 7) is 5.50. The maximum atomic E-state index is 4.34. The predicted octanol–water partition coefficient (Wildman–Crippen LogP) is 2.54. The van der Waals surface area contributed by atoms with Crippen LogP contribution in [0.15, 0.2) is 55.4 Å². The van der Waals surface area contributed by atoms with Gasteiger partial charge in [0.25, 0.3) is 0 Å². The van der Waals surface area contributed by atoms with Crippen LogP contribution in [0.25, 0.3) is 5.69 Å². The lowest BCUT2D eigenvalue weighted by Crippen LogP contribution is -2.13. The Bertz CT molecular complexity index is 459. The smallest absolute Gasteiger partial charge is 0.0645 e. The van der Waals surface area contributed by atoms with Gasteiger partial charge in [-0.05, 0) is 25.1 Å². The van der Waals surface area contributed by atoms with E-state index < -0.39 is 0 Å². The Labute approximate surface area is 102 Å². The van der Waals surface area contributed by atoms with Crippen LogP contribution in [0.5, 0.6) is 0 Å². The lowest BCUT2D eigenvalue weighted by atomic mass is 10.3. The molecule has 1 aromatic heterocycles. The monoisotopic (exact) mass is 227 g/mol. The van der Waals surface area contributed by atoms with Crippen molar-refractivity contribution >= 4 is 0 Å². The van der Waals surface area contributed by atoms with Gasteiger partial charge in [0.2, 0.25) is 0 Å². The maximum Gasteiger partial charge on any atom is 0.0645 e. The normalized spacial score (nSPS) is 10.4. The van der Waals surface area contributed by atoms with Gasteiger partial charge in [0, 0.05) is 18.3 Å². The van der Waals surface area contributed by atoms with Crippen LogP contribution in [0, 0.1) is 0 Å². The molecule has 1 aromatic carbocycles. The Kier molecular flexibility index (Phi) is 4.11. The summed E-state index contributed by atoms with van der Waals surface area (Å²) in [4.78, 5) is 0. The molecule has 88 valence electrons. The SMILES string of the molecule is C=CCCNCc1cnn(-c2ccccc2)c1. The molecule has 1 N–H and O–H groups in total. The minimum atomic E-state index is 0.848. The minimum absolute atomic E-state index is 0.848. The lowest BCUT2D eigenvalue weighted by molar-refractivity contribution is 0.695. The summed E-state index contributed by atoms with van der Waals surface area (Å²) in [6, 6.07) is 10.1. The van der Waals surface area contributed by atoms with Gasteiger partial charge in [0.05, 0.1) is 11.9 Å². The fourth-order valence-corrected chi connectivity index (χ4v) is 1.61. The summed E-state index contributed by atoms with van der Waals surface area (Å²) in [7, 11) is 0. The van der Waals surface area contributed by atoms with Crippen LogP contribution in [0.4, 0.5) is 0 Å². The Morgan fingerprint density at radius 1 is 1.29 bits per heavy atom. The number of benzene rings is 1. The molecule has 0 spiro atoms. The third-order valence-corrected chi connectivity index (χ3v) is 2.51. The topological polar surface area (TPSA) is 29.9 Å². The highest BCUT2D eigenvalue weighted by molar-refractivity contribution is 5.30. The molecule has 0 atom stereocenters. The molecule has 0 saturated carbocycles. The highest BCUT2D eigenvalue weighted by Crippen LogP contribution is 2.07. The second kappa shape index (κ2) is 6.01. The number of nitrogens with one attached hydrogen (secondary N) is 1. The minimum Gasteiger partial charge on any atom is -0.312 e. The molecule has 1 heterocycles. The molecule has 3 heteroatoms. The van der Waals surface area contributed by atoms with Crippen molar-refractivity contribution < 1.29 is 0 Å². The van der Waals surface area contributed by atoms with Gasteiger partial charge in [-0.15, -0.1) is 6.58 Å². The van der Waals surface area contributed by atoms with Crippen molar-refractivity contribution in [3.8, 4) is 5.69 Å². The standard InChI is InChI=1S/C14H17N3/c1-2-3-9-15-10-13-11-16-17(12-13)14-7-5-4-6-8-14/h2,4-8,11-12,15H,1,3,9-10H2. The van der Waals surface area contributed by atoms with E-state index in [-0.39, 0.29) is 0 Å². The quantitative estimate of drug-likeness (QED) is 0.607. The number of nitrogens with zero attached hydrogens (tertiary/aromatic N) is 2. The van der Waals surface area contributed by atoms with Gasteiger partial charge in [-0.25, -0.2) is 4.68 Å². The van der Waals surface area contributed by atoms with E-state index in [9.17, 15) is 0 Å². The molecule has 2 rings (SSSR count). The molecule has 17 heavy (non-hydrogen) atoms. The summed E-state index contributed by atoms with van der Waals surface area (Å²) in [5.41, 5.74) is 2.28. The second-order valence-corrected chi connectivity index (χ2v) is 3.88. The van der Waals surface area contributed by atoms with Gasteiger partial charge in [-0.3, -0.25) is 0 Å². The molecule has 0 saturated heterocycles. The van der Waals surface area contributed by atoms with Gasteiger partial charge in [0.1, 0.15) is 0 Å². The first-order chi connectivity index (χ1) is 8.40. The third kappa shape index (κ3) is 3.29. The molecule has 0 unspecified atom stereocenters. The fourth-order valence-electron chi connectivity index (χ4n) is 1.61. The van der Waals surface area contributed by atoms with E-state index >= 15 is 0 Å². The molecule has 3 nitrogen and oxygen atoms in total. The first-order valence-corrected chi connectivity index (χ1v) is 5.81. The summed E-state index contributed by atoms with van der Waals surface area (Å²) in [5.74, 6) is 0. The zero-order valence-electron chi connectivity index (χ0n) is 9.84. The van der Waals surface area contributed by atoms with Crippen molar-refractivity contribution in [2.24, 2.45) is 0 Å². The van der Waals surface area contributed by atoms with Gasteiger partial charge in [0.15, 0.2) is 0 Å². The van der Waals surface area contributed by atoms with Crippen molar-refractivity contribution in [2.45, 2.75) is 13.0 Å². The Hall–Kier alpha value is -1.87. The fraction of sp³-hybridized carbons (Fsp3) is 0.214. The largest absolute Gasteiger partial charge is 0.312 e. The molecular weight excluding hydrogens is 210 g/mol. The zero-order chi connectivity index (χ0) is 11.9. The van der Waals surface area contributed by atoms with Gasteiger partial charge in [-0.1, -0.05) is 24.3 Å². The summed E-state index contributed by atoms with van der Waals surface area (Å²) >= 11 is 0. The average molecular weight is 227 g/mol. The molecule has 0 aliphatic heterocycles. The lowest BCUT2D eigenvalue weighted by Gasteiger charge is -2.00. The van der Waals surface area contributed by atoms with E-state index in [0.29, 0.717) is 0 Å². The summed E-state index contributed by atoms with van der Waals surface area (Å²) < 4.78 is 1.89. The van der Waals surface area contributed by atoms with Crippen molar-refractivity contribution in [1.29, 1.82) is 0 Å². The van der Waals surface area contributed by atoms with Gasteiger partial charge in [-0.2, -0.15) is 5.10 Å². The van der Waals surface area contributed by atoms with E-state index in [1.165, 1.54) is 5.56 Å². The van der Waals surface area contributed by atoms with Crippen molar-refractivity contribution in [3.63, 3.8) is 0 Å². The number of hydrogen-bond donors (Lipinski definition) is 1. The number of para-hydroxylation sites is 1. The van der Waals surface area contributed by atoms with Crippen LogP contribution >= 0.6 is 0 Å². The van der Waals surface area contributed by atoms with Crippen molar-refractivity contribution in [2.75, 3.05) is 6.54 Å². The zero-order valence-corrected chi connectivity index (χ0v) is 9.84. The van der Waals surface area contributed by atoms with Crippen LogP contribution in [0.3, 0.4) is 0 Å². The van der Waals surface area contributed by atoms with E-state index in [1.54, 1.807) is 0 Å². The van der Waals surface area contributed by atoms with E-state index in [0.717, 1.165) is 25.2 Å². The first kappa shape index (κ1) is 11.6. The van der Waals surface area contributed by atoms with E-state index in [2.05, 4.69) is 23.2 Å². The van der Waals surface area contributed by atoms with Gasteiger partial charge >= 0.3 is 0 Å². The van der Waals surface area contributed by atoms with Gasteiger partial charge < -0.3 is 5.32 Å². The highest BCUT2D eigenvalue weighted by atomic mass is 15.3. The Balaban J connectivity index is 1.94. The number of rotatable bonds is 6. The average Bonchev–Trinajstić information content (AvgIpc) is 2.85. The van der Waals surface area contributed by atoms with Crippen LogP contribution in [-0.4, -0.2) is 16.3 Å². The molecule has 0 fully saturated rings. The van der Waals surface area contributed by atoms with Crippen molar-refractivity contribution in [1.82, 2.24) is 15.1 Å². The molecule has 0 amide bonds. The van der Waals surface area contributed by atoms with Crippen LogP contribution in [0.1, 0.15) is 12.0 Å². The third-order valence-electron chi connectivity index (χ3n) is 2.51. The van der Waals surface area contributed by atoms with Crippen LogP contribution in [0.2, 0.25) is 0 Å². The predicted molar refractivity (Wildman–Crippen MR) is 70.1 cm³/mol. The highest BCUT2D eigenvalue weighted by Gasteiger charge is 1.99. The van der Waals surface area contributed by atoms with E-state index in [1.807, 2.05) is 47.3 Å². The Morgan fingerprint density at radius 2 is 2.12 bits per heavy atom. The molecule has 0 radical (unpaired) electrons. The Morgan fingerprint density at radius 3 is 2.88 bits per heavy atom. The molecule has 2 aromatic rings. The van der Waals surface area contributed by atoms with Crippen LogP contribution < -0.4 is 5.32 Å². The molecular formula is C14H17N3. The first-order valence-electron chi connectivity index (χ1n) is 5.81. The maximum absolute atomic E-state index is 4.34. The second-order valence-electron chi connectivity index (χ2n) is 3.88. The summed E-state index contributed by atoms with van der Waals surface area (Å²) in [5, 5.41) is 7.68. The van der Waals surface area contributed by atoms with Crippen molar-refractivity contribution in [3.05, 3.63) is 60.9 Å². The molecule has 0 bridgehead atoms.